The minimum Gasteiger partial charge on any atom is -0.505 e. The second kappa shape index (κ2) is 4.82. The number of carbonyl (C=O) groups is 1. The van der Waals surface area contributed by atoms with Crippen LogP contribution in [0.1, 0.15) is 23.4 Å². The minimum atomic E-state index is -0.808. The van der Waals surface area contributed by atoms with Gasteiger partial charge in [-0.2, -0.15) is 0 Å². The van der Waals surface area contributed by atoms with E-state index in [-0.39, 0.29) is 11.5 Å². The number of benzene rings is 1. The lowest BCUT2D eigenvalue weighted by Gasteiger charge is -2.03. The van der Waals surface area contributed by atoms with Crippen LogP contribution >= 0.6 is 0 Å². The fourth-order valence-electron chi connectivity index (χ4n) is 1.33. The largest absolute Gasteiger partial charge is 0.505 e. The molecule has 2 rings (SSSR count). The minimum absolute atomic E-state index is 0.0136. The van der Waals surface area contributed by atoms with E-state index in [1.165, 1.54) is 6.07 Å². The fraction of sp³-hybridized carbons (Fsp3) is 0.182. The monoisotopic (exact) mass is 250 g/mol. The number of nitrogens with zero attached hydrogens (tertiary/aromatic N) is 2. The molecule has 7 heteroatoms. The van der Waals surface area contributed by atoms with Crippen LogP contribution in [0.5, 0.6) is 5.75 Å². The number of anilines is 1. The number of phenolic OH excluding ortho intramolecular Hbond substituents is 1. The van der Waals surface area contributed by atoms with Gasteiger partial charge in [-0.15, -0.1) is 5.10 Å². The van der Waals surface area contributed by atoms with E-state index in [4.69, 9.17) is 5.11 Å². The Morgan fingerprint density at radius 2 is 2.33 bits per heavy atom. The molecule has 3 N–H and O–H groups in total. The molecule has 0 unspecified atom stereocenters. The Morgan fingerprint density at radius 1 is 1.56 bits per heavy atom. The average molecular weight is 250 g/mol. The molecule has 1 aromatic carbocycles. The Kier molecular flexibility index (Phi) is 3.22. The van der Waals surface area contributed by atoms with Gasteiger partial charge in [0.05, 0.1) is 0 Å². The first-order valence-corrected chi connectivity index (χ1v) is 5.31. The molecule has 18 heavy (non-hydrogen) atoms. The van der Waals surface area contributed by atoms with Crippen LogP contribution < -0.4 is 5.32 Å². The zero-order valence-corrected chi connectivity index (χ0v) is 9.57. The highest BCUT2D eigenvalue weighted by Crippen LogP contribution is 2.19. The number of aromatic amines is 1. The molecule has 1 amide bonds. The molecule has 1 aromatic heterocycles. The lowest BCUT2D eigenvalue weighted by molar-refractivity contribution is 0.101. The van der Waals surface area contributed by atoms with Crippen molar-refractivity contribution in [1.82, 2.24) is 15.2 Å². The molecule has 0 atom stereocenters. The summed E-state index contributed by atoms with van der Waals surface area (Å²) in [4.78, 5) is 15.6. The molecular weight excluding hydrogens is 239 g/mol. The Morgan fingerprint density at radius 3 is 2.94 bits per heavy atom. The average Bonchev–Trinajstić information content (AvgIpc) is 2.82. The van der Waals surface area contributed by atoms with Gasteiger partial charge in [0.15, 0.2) is 11.6 Å². The van der Waals surface area contributed by atoms with Gasteiger partial charge >= 0.3 is 0 Å². The van der Waals surface area contributed by atoms with Crippen molar-refractivity contribution in [2.24, 2.45) is 0 Å². The molecule has 0 saturated carbocycles. The molecule has 0 fully saturated rings. The number of amides is 1. The molecule has 6 nitrogen and oxygen atoms in total. The van der Waals surface area contributed by atoms with Crippen molar-refractivity contribution in [3.05, 3.63) is 35.7 Å². The van der Waals surface area contributed by atoms with Gasteiger partial charge < -0.3 is 10.4 Å². The highest BCUT2D eigenvalue weighted by Gasteiger charge is 2.12. The summed E-state index contributed by atoms with van der Waals surface area (Å²) in [6.07, 6.45) is 0.633. The summed E-state index contributed by atoms with van der Waals surface area (Å²) < 4.78 is 13.1. The van der Waals surface area contributed by atoms with Crippen LogP contribution in [0.15, 0.2) is 18.2 Å². The Hall–Kier alpha value is -2.44. The zero-order chi connectivity index (χ0) is 13.1. The maximum atomic E-state index is 13.1. The number of hydrogen-bond acceptors (Lipinski definition) is 4. The third kappa shape index (κ3) is 2.45. The molecule has 2 aromatic rings. The van der Waals surface area contributed by atoms with Crippen LogP contribution in [0.2, 0.25) is 0 Å². The number of aryl methyl sites for hydroxylation is 1. The van der Waals surface area contributed by atoms with Crippen molar-refractivity contribution in [2.75, 3.05) is 5.32 Å². The molecule has 0 aliphatic rings. The van der Waals surface area contributed by atoms with Crippen LogP contribution in [-0.2, 0) is 6.42 Å². The number of aromatic nitrogens is 3. The van der Waals surface area contributed by atoms with Crippen molar-refractivity contribution in [1.29, 1.82) is 0 Å². The summed E-state index contributed by atoms with van der Waals surface area (Å²) in [6, 6.07) is 3.55. The van der Waals surface area contributed by atoms with Crippen LogP contribution in [0.25, 0.3) is 0 Å². The second-order valence-corrected chi connectivity index (χ2v) is 3.58. The van der Waals surface area contributed by atoms with Crippen molar-refractivity contribution < 1.29 is 14.3 Å². The normalized spacial score (nSPS) is 10.3. The van der Waals surface area contributed by atoms with Crippen molar-refractivity contribution >= 4 is 11.6 Å². The summed E-state index contributed by atoms with van der Waals surface area (Å²) in [6.45, 7) is 1.87. The van der Waals surface area contributed by atoms with Gasteiger partial charge in [0, 0.05) is 18.2 Å². The smallest absolute Gasteiger partial charge is 0.295 e. The van der Waals surface area contributed by atoms with Crippen LogP contribution in [0.3, 0.4) is 0 Å². The van der Waals surface area contributed by atoms with Crippen LogP contribution in [-0.4, -0.2) is 26.2 Å². The van der Waals surface area contributed by atoms with Crippen molar-refractivity contribution in [3.63, 3.8) is 0 Å². The van der Waals surface area contributed by atoms with Crippen LogP contribution in [0, 0.1) is 5.82 Å². The van der Waals surface area contributed by atoms with E-state index in [1.807, 2.05) is 6.92 Å². The first-order chi connectivity index (χ1) is 8.60. The van der Waals surface area contributed by atoms with E-state index in [0.717, 1.165) is 12.1 Å². The SMILES string of the molecule is CCc1nc(C(=O)Nc2ccc(O)c(F)c2)n[nH]1. The molecule has 94 valence electrons. The number of carbonyl (C=O) groups excluding carboxylic acids is 1. The van der Waals surface area contributed by atoms with Gasteiger partial charge in [0.25, 0.3) is 5.91 Å². The van der Waals surface area contributed by atoms with Gasteiger partial charge in [0.2, 0.25) is 5.82 Å². The van der Waals surface area contributed by atoms with Crippen LogP contribution in [0.4, 0.5) is 10.1 Å². The zero-order valence-electron chi connectivity index (χ0n) is 9.57. The molecular formula is C11H11FN4O2. The van der Waals surface area contributed by atoms with E-state index in [9.17, 15) is 9.18 Å². The van der Waals surface area contributed by atoms with Crippen molar-refractivity contribution in [2.45, 2.75) is 13.3 Å². The number of H-pyrrole nitrogens is 1. The summed E-state index contributed by atoms with van der Waals surface area (Å²) in [5.74, 6) is -1.25. The first kappa shape index (κ1) is 12.0. The second-order valence-electron chi connectivity index (χ2n) is 3.58. The van der Waals surface area contributed by atoms with E-state index < -0.39 is 17.5 Å². The number of halogens is 1. The quantitative estimate of drug-likeness (QED) is 0.719. The van der Waals surface area contributed by atoms with Gasteiger partial charge in [-0.25, -0.2) is 9.37 Å². The molecule has 0 radical (unpaired) electrons. The number of hydrogen-bond donors (Lipinski definition) is 3. The molecule has 0 spiro atoms. The van der Waals surface area contributed by atoms with Gasteiger partial charge in [-0.05, 0) is 12.1 Å². The van der Waals surface area contributed by atoms with Crippen molar-refractivity contribution in [3.8, 4) is 5.75 Å². The van der Waals surface area contributed by atoms with E-state index in [2.05, 4.69) is 20.5 Å². The summed E-state index contributed by atoms with van der Waals surface area (Å²) in [5, 5.41) is 17.8. The van der Waals surface area contributed by atoms with Gasteiger partial charge in [0.1, 0.15) is 5.82 Å². The Labute approximate surface area is 102 Å². The number of phenols is 1. The Balaban J connectivity index is 2.13. The predicted octanol–water partition coefficient (Wildman–Crippen LogP) is 1.46. The maximum absolute atomic E-state index is 13.1. The molecule has 0 saturated heterocycles. The Bertz CT molecular complexity index is 582. The first-order valence-electron chi connectivity index (χ1n) is 5.31. The summed E-state index contributed by atoms with van der Waals surface area (Å²) >= 11 is 0. The summed E-state index contributed by atoms with van der Waals surface area (Å²) in [7, 11) is 0. The summed E-state index contributed by atoms with van der Waals surface area (Å²) in [5.41, 5.74) is 0.221. The van der Waals surface area contributed by atoms with E-state index in [0.29, 0.717) is 12.2 Å². The van der Waals surface area contributed by atoms with Gasteiger partial charge in [-0.1, -0.05) is 6.92 Å². The van der Waals surface area contributed by atoms with E-state index in [1.54, 1.807) is 0 Å². The lowest BCUT2D eigenvalue weighted by Crippen LogP contribution is -2.13. The standard InChI is InChI=1S/C11H11FN4O2/c1-2-9-14-10(16-15-9)11(18)13-6-3-4-8(17)7(12)5-6/h3-5,17H,2H2,1H3,(H,13,18)(H,14,15,16). The van der Waals surface area contributed by atoms with E-state index >= 15 is 0 Å². The van der Waals surface area contributed by atoms with Gasteiger partial charge in [-0.3, -0.25) is 9.89 Å². The number of aromatic hydroxyl groups is 1. The maximum Gasteiger partial charge on any atom is 0.295 e. The fourth-order valence-corrected chi connectivity index (χ4v) is 1.33. The number of rotatable bonds is 3. The molecule has 0 aliphatic heterocycles. The highest BCUT2D eigenvalue weighted by molar-refractivity contribution is 6.01. The topological polar surface area (TPSA) is 90.9 Å². The third-order valence-corrected chi connectivity index (χ3v) is 2.28. The molecule has 1 heterocycles. The highest BCUT2D eigenvalue weighted by atomic mass is 19.1. The molecule has 0 aliphatic carbocycles. The third-order valence-electron chi connectivity index (χ3n) is 2.28. The lowest BCUT2D eigenvalue weighted by atomic mass is 10.3. The molecule has 0 bridgehead atoms. The number of nitrogens with one attached hydrogen (secondary N) is 2. The predicted molar refractivity (Wildman–Crippen MR) is 61.8 cm³/mol.